The number of aromatic amines is 1. The van der Waals surface area contributed by atoms with E-state index < -0.39 is 9.84 Å². The number of nitrogens with zero attached hydrogens (tertiary/aromatic N) is 1. The van der Waals surface area contributed by atoms with E-state index in [1.807, 2.05) is 6.07 Å². The van der Waals surface area contributed by atoms with Crippen molar-refractivity contribution >= 4 is 79.5 Å². The molecule has 0 bridgehead atoms. The number of anilines is 2. The highest BCUT2D eigenvalue weighted by molar-refractivity contribution is 7.99. The van der Waals surface area contributed by atoms with Crippen LogP contribution in [-0.4, -0.2) is 24.0 Å². The maximum atomic E-state index is 14.1. The van der Waals surface area contributed by atoms with Crippen molar-refractivity contribution in [3.63, 3.8) is 0 Å². The predicted octanol–water partition coefficient (Wildman–Crippen LogP) is 13.6. The molecule has 0 amide bonds. The molecule has 0 aliphatic rings. The van der Waals surface area contributed by atoms with E-state index in [1.54, 1.807) is 12.1 Å². The van der Waals surface area contributed by atoms with Crippen LogP contribution in [0.2, 0.25) is 20.1 Å². The summed E-state index contributed by atoms with van der Waals surface area (Å²) in [7, 11) is -3.52. The van der Waals surface area contributed by atoms with Crippen LogP contribution in [0.5, 0.6) is 0 Å². The van der Waals surface area contributed by atoms with Gasteiger partial charge in [0.2, 0.25) is 0 Å². The molecular formula is C39H49Cl4N3O3S2. The second kappa shape index (κ2) is 19.3. The molecule has 6 nitrogen and oxygen atoms in total. The minimum atomic E-state index is -3.52. The van der Waals surface area contributed by atoms with Gasteiger partial charge in [-0.3, -0.25) is 9.89 Å². The van der Waals surface area contributed by atoms with Gasteiger partial charge in [0, 0.05) is 9.92 Å². The summed E-state index contributed by atoms with van der Waals surface area (Å²) < 4.78 is 27.7. The van der Waals surface area contributed by atoms with Crippen molar-refractivity contribution in [2.75, 3.05) is 11.1 Å². The smallest absolute Gasteiger partial charge is 0.287 e. The lowest BCUT2D eigenvalue weighted by atomic mass is 9.96. The van der Waals surface area contributed by atoms with E-state index in [-0.39, 0.29) is 42.9 Å². The summed E-state index contributed by atoms with van der Waals surface area (Å²) in [5, 5.41) is 7.31. The van der Waals surface area contributed by atoms with Crippen LogP contribution < -0.4 is 10.9 Å². The van der Waals surface area contributed by atoms with E-state index in [1.165, 1.54) is 78.7 Å². The fourth-order valence-electron chi connectivity index (χ4n) is 5.91. The Kier molecular flexibility index (Phi) is 15.8. The third-order valence-electron chi connectivity index (χ3n) is 8.91. The topological polar surface area (TPSA) is 84.0 Å². The molecule has 0 saturated heterocycles. The fraction of sp³-hybridized carbons (Fsp3) is 0.462. The summed E-state index contributed by atoms with van der Waals surface area (Å²) in [5.41, 5.74) is 2.62. The highest BCUT2D eigenvalue weighted by atomic mass is 35.5. The molecule has 4 aromatic rings. The van der Waals surface area contributed by atoms with Gasteiger partial charge in [0.1, 0.15) is 16.4 Å². The Bertz CT molecular complexity index is 1930. The lowest BCUT2D eigenvalue weighted by Crippen LogP contribution is -2.16. The van der Waals surface area contributed by atoms with Crippen molar-refractivity contribution in [2.45, 2.75) is 125 Å². The van der Waals surface area contributed by atoms with E-state index in [9.17, 15) is 13.2 Å². The molecule has 1 heterocycles. The number of H-pyrrole nitrogens is 1. The number of sulfone groups is 1. The first-order valence-electron chi connectivity index (χ1n) is 17.8. The van der Waals surface area contributed by atoms with Crippen LogP contribution in [0.3, 0.4) is 0 Å². The summed E-state index contributed by atoms with van der Waals surface area (Å²) in [4.78, 5) is 15.6. The molecule has 2 N–H and O–H groups in total. The number of hydrogen-bond donors (Lipinski definition) is 2. The monoisotopic (exact) mass is 811 g/mol. The van der Waals surface area contributed by atoms with Gasteiger partial charge in [0.05, 0.1) is 31.4 Å². The SMILES string of the molecule is CCCCCCCCCCCCS(=O)(=O)c1ccc(Nc2[nH]n(-c3c(Cl)cc(Cl)cc3Cl)c(=O)c2Sc2ccc(C(C)C)cc2C(C)C)c(Cl)c1. The highest BCUT2D eigenvalue weighted by Crippen LogP contribution is 2.40. The van der Waals surface area contributed by atoms with Gasteiger partial charge in [0.15, 0.2) is 9.84 Å². The average Bonchev–Trinajstić information content (AvgIpc) is 3.35. The summed E-state index contributed by atoms with van der Waals surface area (Å²) in [5.74, 6) is 0.965. The van der Waals surface area contributed by atoms with E-state index in [0.717, 1.165) is 29.7 Å². The maximum absolute atomic E-state index is 14.1. The number of aromatic nitrogens is 2. The zero-order valence-corrected chi connectivity index (χ0v) is 34.7. The largest absolute Gasteiger partial charge is 0.338 e. The third kappa shape index (κ3) is 11.2. The van der Waals surface area contributed by atoms with Gasteiger partial charge in [-0.05, 0) is 65.8 Å². The van der Waals surface area contributed by atoms with E-state index >= 15 is 0 Å². The summed E-state index contributed by atoms with van der Waals surface area (Å²) >= 11 is 27.3. The molecule has 4 rings (SSSR count). The number of benzene rings is 3. The van der Waals surface area contributed by atoms with Gasteiger partial charge >= 0.3 is 0 Å². The molecule has 1 aromatic heterocycles. The molecule has 0 atom stereocenters. The lowest BCUT2D eigenvalue weighted by molar-refractivity contribution is 0.558. The summed E-state index contributed by atoms with van der Waals surface area (Å²) in [6.45, 7) is 10.8. The Balaban J connectivity index is 1.59. The zero-order chi connectivity index (χ0) is 37.3. The molecule has 0 aliphatic heterocycles. The Labute approximate surface area is 327 Å². The Morgan fingerprint density at radius 1 is 0.765 bits per heavy atom. The number of unbranched alkanes of at least 4 members (excludes halogenated alkanes) is 9. The van der Waals surface area contributed by atoms with Gasteiger partial charge in [0.25, 0.3) is 5.56 Å². The zero-order valence-electron chi connectivity index (χ0n) is 30.1. The Morgan fingerprint density at radius 3 is 1.94 bits per heavy atom. The molecule has 0 saturated carbocycles. The Hall–Kier alpha value is -2.07. The fourth-order valence-corrected chi connectivity index (χ4v) is 9.73. The minimum Gasteiger partial charge on any atom is -0.338 e. The van der Waals surface area contributed by atoms with Crippen LogP contribution in [0.15, 0.2) is 68.0 Å². The van der Waals surface area contributed by atoms with Crippen LogP contribution >= 0.6 is 58.2 Å². The molecule has 51 heavy (non-hydrogen) atoms. The average molecular weight is 814 g/mol. The number of hydrogen-bond acceptors (Lipinski definition) is 5. The molecule has 278 valence electrons. The van der Waals surface area contributed by atoms with E-state index in [2.05, 4.69) is 57.2 Å². The van der Waals surface area contributed by atoms with Crippen LogP contribution in [0.4, 0.5) is 11.5 Å². The van der Waals surface area contributed by atoms with Crippen LogP contribution in [0, 0.1) is 0 Å². The maximum Gasteiger partial charge on any atom is 0.287 e. The minimum absolute atomic E-state index is 0.0694. The van der Waals surface area contributed by atoms with Gasteiger partial charge in [-0.15, -0.1) is 0 Å². The number of halogens is 4. The second-order valence-electron chi connectivity index (χ2n) is 13.7. The first-order valence-corrected chi connectivity index (χ1v) is 21.8. The first-order chi connectivity index (χ1) is 24.2. The van der Waals surface area contributed by atoms with Gasteiger partial charge in [-0.1, -0.05) is 163 Å². The molecule has 0 aliphatic carbocycles. The predicted molar refractivity (Wildman–Crippen MR) is 219 cm³/mol. The van der Waals surface area contributed by atoms with E-state index in [0.29, 0.717) is 33.8 Å². The Morgan fingerprint density at radius 2 is 1.37 bits per heavy atom. The van der Waals surface area contributed by atoms with Crippen molar-refractivity contribution in [3.05, 3.63) is 90.1 Å². The first kappa shape index (κ1) is 41.7. The molecule has 0 unspecified atom stereocenters. The van der Waals surface area contributed by atoms with Crippen LogP contribution in [0.1, 0.15) is 122 Å². The van der Waals surface area contributed by atoms with Crippen molar-refractivity contribution in [1.29, 1.82) is 0 Å². The van der Waals surface area contributed by atoms with Gasteiger partial charge in [-0.2, -0.15) is 0 Å². The van der Waals surface area contributed by atoms with E-state index in [4.69, 9.17) is 46.4 Å². The third-order valence-corrected chi connectivity index (χ3v) is 13.0. The molecular weight excluding hydrogens is 764 g/mol. The molecule has 12 heteroatoms. The summed E-state index contributed by atoms with van der Waals surface area (Å²) in [6, 6.07) is 14.0. The van der Waals surface area contributed by atoms with Crippen LogP contribution in [-0.2, 0) is 9.84 Å². The van der Waals surface area contributed by atoms with Crippen molar-refractivity contribution in [3.8, 4) is 5.69 Å². The van der Waals surface area contributed by atoms with Crippen LogP contribution in [0.25, 0.3) is 5.69 Å². The van der Waals surface area contributed by atoms with Crippen molar-refractivity contribution < 1.29 is 8.42 Å². The quantitative estimate of drug-likeness (QED) is 0.0921. The van der Waals surface area contributed by atoms with Crippen molar-refractivity contribution in [2.24, 2.45) is 0 Å². The molecule has 0 radical (unpaired) electrons. The molecule has 0 fully saturated rings. The highest BCUT2D eigenvalue weighted by Gasteiger charge is 2.24. The number of rotatable bonds is 19. The second-order valence-corrected chi connectivity index (χ2v) is 18.5. The van der Waals surface area contributed by atoms with Gasteiger partial charge < -0.3 is 5.32 Å². The standard InChI is InChI=1S/C39H49Cl4N3O3S2/c1-6-7-8-9-10-11-12-13-14-15-20-51(48,49)29-17-18-34(31(41)24-29)44-38-37(50-35-19-16-27(25(2)3)21-30(35)26(4)5)39(47)46(45-38)36-32(42)22-28(40)23-33(36)43/h16-19,21-26,44-45H,6-15,20H2,1-5H3. The normalized spacial score (nSPS) is 12.0. The molecule has 0 spiro atoms. The number of nitrogens with one attached hydrogen (secondary N) is 2. The van der Waals surface area contributed by atoms with Crippen molar-refractivity contribution in [1.82, 2.24) is 9.78 Å². The van der Waals surface area contributed by atoms with Gasteiger partial charge in [-0.25, -0.2) is 13.1 Å². The lowest BCUT2D eigenvalue weighted by Gasteiger charge is -2.16. The summed E-state index contributed by atoms with van der Waals surface area (Å²) in [6.07, 6.45) is 11.3. The molecule has 3 aromatic carbocycles.